The number of H-pyrrole nitrogens is 1. The number of aliphatic hydroxyl groups excluding tert-OH is 2. The van der Waals surface area contributed by atoms with Crippen LogP contribution < -0.4 is 11.3 Å². The minimum atomic E-state index is -0.942. The first-order valence-electron chi connectivity index (χ1n) is 9.38. The van der Waals surface area contributed by atoms with Crippen LogP contribution in [0.4, 0.5) is 5.95 Å². The molecule has 0 aromatic carbocycles. The van der Waals surface area contributed by atoms with Gasteiger partial charge in [-0.2, -0.15) is 17.6 Å². The Balaban J connectivity index is 1.80. The highest BCUT2D eigenvalue weighted by Gasteiger charge is 2.44. The number of aromatic nitrogens is 4. The maximum atomic E-state index is 12.3. The number of thiol groups is 1. The second kappa shape index (κ2) is 7.42. The molecule has 1 aliphatic carbocycles. The van der Waals surface area contributed by atoms with Crippen LogP contribution in [0.5, 0.6) is 0 Å². The largest absolute Gasteiger partial charge is 0.394 e. The minimum Gasteiger partial charge on any atom is -0.394 e. The number of hydrogen-bond donors (Lipinski definition) is 5. The van der Waals surface area contributed by atoms with Gasteiger partial charge in [0.2, 0.25) is 5.95 Å². The van der Waals surface area contributed by atoms with Crippen molar-refractivity contribution >= 4 is 29.7 Å². The maximum absolute atomic E-state index is 12.3. The topological polar surface area (TPSA) is 139 Å². The van der Waals surface area contributed by atoms with Crippen molar-refractivity contribution in [1.82, 2.24) is 19.5 Å². The smallest absolute Gasteiger partial charge is 0.280 e. The van der Waals surface area contributed by atoms with Crippen LogP contribution in [0.1, 0.15) is 44.2 Å². The van der Waals surface area contributed by atoms with Crippen molar-refractivity contribution < 1.29 is 14.9 Å². The van der Waals surface area contributed by atoms with Gasteiger partial charge in [0.1, 0.15) is 11.9 Å². The van der Waals surface area contributed by atoms with E-state index < -0.39 is 29.2 Å². The Morgan fingerprint density at radius 1 is 1.30 bits per heavy atom. The van der Waals surface area contributed by atoms with Crippen molar-refractivity contribution in [3.63, 3.8) is 0 Å². The first kappa shape index (κ1) is 18.7. The van der Waals surface area contributed by atoms with Crippen molar-refractivity contribution in [2.24, 2.45) is 5.92 Å². The van der Waals surface area contributed by atoms with Crippen molar-refractivity contribution in [3.8, 4) is 0 Å². The van der Waals surface area contributed by atoms with E-state index >= 15 is 0 Å². The Morgan fingerprint density at radius 2 is 2.04 bits per heavy atom. The molecule has 1 saturated carbocycles. The van der Waals surface area contributed by atoms with E-state index in [0.29, 0.717) is 23.8 Å². The van der Waals surface area contributed by atoms with Crippen LogP contribution in [0.15, 0.2) is 4.79 Å². The highest BCUT2D eigenvalue weighted by Crippen LogP contribution is 2.37. The molecule has 1 saturated heterocycles. The predicted octanol–water partition coefficient (Wildman–Crippen LogP) is 0.374. The molecule has 0 bridgehead atoms. The van der Waals surface area contributed by atoms with Crippen LogP contribution in [0.25, 0.3) is 11.2 Å². The average molecular weight is 395 g/mol. The second-order valence-corrected chi connectivity index (χ2v) is 8.05. The standard InChI is InChI=1S/C17H25N5O4S/c18-17-20-14-11(15(25)21-17)19-10(6-8-4-2-1-3-5-8)22(14)16-13(27)12(24)9(7-23)26-16/h8-9,12-13,16,23-24,27H,1-7H2,(H3,18,20,21,25)/t9-,12-,13-,16-/m1/s1. The summed E-state index contributed by atoms with van der Waals surface area (Å²) in [5, 5.41) is 19.2. The first-order valence-corrected chi connectivity index (χ1v) is 9.90. The summed E-state index contributed by atoms with van der Waals surface area (Å²) in [4.78, 5) is 23.6. The van der Waals surface area contributed by atoms with Crippen LogP contribution in [0.2, 0.25) is 0 Å². The van der Waals surface area contributed by atoms with Crippen molar-refractivity contribution in [3.05, 3.63) is 16.2 Å². The monoisotopic (exact) mass is 395 g/mol. The van der Waals surface area contributed by atoms with Gasteiger partial charge in [0.05, 0.1) is 18.0 Å². The molecule has 0 spiro atoms. The molecule has 4 rings (SSSR count). The third kappa shape index (κ3) is 3.35. The summed E-state index contributed by atoms with van der Waals surface area (Å²) >= 11 is 4.49. The van der Waals surface area contributed by atoms with Gasteiger partial charge in [-0.1, -0.05) is 32.1 Å². The van der Waals surface area contributed by atoms with E-state index in [0.717, 1.165) is 12.8 Å². The normalized spacial score (nSPS) is 29.6. The molecule has 3 heterocycles. The zero-order valence-electron chi connectivity index (χ0n) is 14.9. The lowest BCUT2D eigenvalue weighted by molar-refractivity contribution is -0.0440. The predicted molar refractivity (Wildman–Crippen MR) is 103 cm³/mol. The highest BCUT2D eigenvalue weighted by molar-refractivity contribution is 7.81. The van der Waals surface area contributed by atoms with E-state index in [1.165, 1.54) is 19.3 Å². The summed E-state index contributed by atoms with van der Waals surface area (Å²) in [7, 11) is 0. The molecule has 0 radical (unpaired) electrons. The van der Waals surface area contributed by atoms with Gasteiger partial charge in [0, 0.05) is 6.42 Å². The van der Waals surface area contributed by atoms with Crippen molar-refractivity contribution in [2.45, 2.75) is 62.2 Å². The number of ether oxygens (including phenoxy) is 1. The van der Waals surface area contributed by atoms with Gasteiger partial charge in [-0.25, -0.2) is 4.98 Å². The average Bonchev–Trinajstić information content (AvgIpc) is 3.14. The summed E-state index contributed by atoms with van der Waals surface area (Å²) in [6.07, 6.45) is 4.17. The van der Waals surface area contributed by atoms with Crippen molar-refractivity contribution in [1.29, 1.82) is 0 Å². The molecule has 0 amide bonds. The number of fused-ring (bicyclic) bond motifs is 1. The molecule has 1 aliphatic heterocycles. The van der Waals surface area contributed by atoms with E-state index in [9.17, 15) is 15.0 Å². The maximum Gasteiger partial charge on any atom is 0.280 e. The van der Waals surface area contributed by atoms with Crippen LogP contribution >= 0.6 is 12.6 Å². The quantitative estimate of drug-likeness (QED) is 0.471. The third-order valence-corrected chi connectivity index (χ3v) is 6.17. The Bertz CT molecular complexity index is 878. The van der Waals surface area contributed by atoms with Gasteiger partial charge in [-0.05, 0) is 5.92 Å². The van der Waals surface area contributed by atoms with Crippen LogP contribution in [-0.2, 0) is 11.2 Å². The fraction of sp³-hybridized carbons (Fsp3) is 0.706. The number of nitrogen functional groups attached to an aromatic ring is 1. The molecule has 27 heavy (non-hydrogen) atoms. The lowest BCUT2D eigenvalue weighted by Gasteiger charge is -2.24. The number of imidazole rings is 1. The fourth-order valence-corrected chi connectivity index (χ4v) is 4.60. The summed E-state index contributed by atoms with van der Waals surface area (Å²) in [6, 6.07) is 0. The van der Waals surface area contributed by atoms with E-state index in [-0.39, 0.29) is 18.1 Å². The Kier molecular flexibility index (Phi) is 5.15. The fourth-order valence-electron chi connectivity index (χ4n) is 4.20. The summed E-state index contributed by atoms with van der Waals surface area (Å²) in [6.45, 7) is -0.324. The number of hydrogen-bond acceptors (Lipinski definition) is 8. The number of nitrogens with one attached hydrogen (secondary N) is 1. The number of aliphatic hydroxyl groups is 2. The van der Waals surface area contributed by atoms with Gasteiger partial charge >= 0.3 is 0 Å². The van der Waals surface area contributed by atoms with Crippen molar-refractivity contribution in [2.75, 3.05) is 12.3 Å². The van der Waals surface area contributed by atoms with Gasteiger partial charge < -0.3 is 20.7 Å². The van der Waals surface area contributed by atoms with E-state index in [1.54, 1.807) is 4.57 Å². The minimum absolute atomic E-state index is 0.00849. The molecule has 9 nitrogen and oxygen atoms in total. The number of anilines is 1. The van der Waals surface area contributed by atoms with Gasteiger partial charge in [0.15, 0.2) is 17.4 Å². The Morgan fingerprint density at radius 3 is 2.70 bits per heavy atom. The SMILES string of the molecule is Nc1nc2c(nc(CC3CCCCC3)n2[C@@H]2O[C@H](CO)[C@@H](O)[C@H]2S)c(=O)[nH]1. The zero-order chi connectivity index (χ0) is 19.1. The molecule has 5 N–H and O–H groups in total. The van der Waals surface area contributed by atoms with E-state index in [1.807, 2.05) is 0 Å². The summed E-state index contributed by atoms with van der Waals surface area (Å²) < 4.78 is 7.58. The lowest BCUT2D eigenvalue weighted by atomic mass is 9.87. The Labute approximate surface area is 161 Å². The molecule has 148 valence electrons. The Hall–Kier alpha value is -1.62. The molecule has 2 aromatic heterocycles. The zero-order valence-corrected chi connectivity index (χ0v) is 15.8. The molecule has 2 aromatic rings. The van der Waals surface area contributed by atoms with E-state index in [4.69, 9.17) is 10.5 Å². The molecule has 0 unspecified atom stereocenters. The van der Waals surface area contributed by atoms with Gasteiger partial charge in [0.25, 0.3) is 5.56 Å². The number of aromatic amines is 1. The highest BCUT2D eigenvalue weighted by atomic mass is 32.1. The number of rotatable bonds is 4. The van der Waals surface area contributed by atoms with Crippen LogP contribution in [0.3, 0.4) is 0 Å². The molecule has 4 atom stereocenters. The van der Waals surface area contributed by atoms with Gasteiger partial charge in [-0.15, -0.1) is 0 Å². The van der Waals surface area contributed by atoms with Gasteiger partial charge in [-0.3, -0.25) is 14.3 Å². The lowest BCUT2D eigenvalue weighted by Crippen LogP contribution is -2.30. The molecular formula is C17H25N5O4S. The van der Waals surface area contributed by atoms with E-state index in [2.05, 4.69) is 27.6 Å². The first-order chi connectivity index (χ1) is 13.0. The molecule has 2 aliphatic rings. The second-order valence-electron chi connectivity index (χ2n) is 7.46. The molecule has 10 heteroatoms. The molecule has 2 fully saturated rings. The summed E-state index contributed by atoms with van der Waals surface area (Å²) in [5.41, 5.74) is 5.85. The number of nitrogens with two attached hydrogens (primary N) is 1. The summed E-state index contributed by atoms with van der Waals surface area (Å²) in [5.74, 6) is 1.14. The van der Waals surface area contributed by atoms with Crippen LogP contribution in [0, 0.1) is 5.92 Å². The van der Waals surface area contributed by atoms with Crippen LogP contribution in [-0.4, -0.2) is 53.8 Å². The molecular weight excluding hydrogens is 370 g/mol. The third-order valence-electron chi connectivity index (χ3n) is 5.61. The number of nitrogens with zero attached hydrogens (tertiary/aromatic N) is 3.